The van der Waals surface area contributed by atoms with Crippen LogP contribution in [-0.2, 0) is 16.2 Å². The summed E-state index contributed by atoms with van der Waals surface area (Å²) in [6.07, 6.45) is 4.71. The van der Waals surface area contributed by atoms with Crippen LogP contribution in [0.15, 0.2) is 12.5 Å². The molecule has 1 rings (SSSR count). The zero-order chi connectivity index (χ0) is 15.9. The summed E-state index contributed by atoms with van der Waals surface area (Å²) >= 11 is 0. The number of hydrogen-bond donors (Lipinski definition) is 1. The third-order valence-electron chi connectivity index (χ3n) is 2.72. The normalized spacial score (nSPS) is 12.0. The van der Waals surface area contributed by atoms with E-state index in [0.29, 0.717) is 18.8 Å². The number of hydrogen-bond acceptors (Lipinski definition) is 4. The van der Waals surface area contributed by atoms with E-state index in [1.807, 2.05) is 6.92 Å². The van der Waals surface area contributed by atoms with E-state index >= 15 is 0 Å². The lowest BCUT2D eigenvalue weighted by Crippen LogP contribution is -2.22. The lowest BCUT2D eigenvalue weighted by Gasteiger charge is -2.15. The Balaban J connectivity index is 2.63. The fraction of sp³-hybridized carbons (Fsp3) is 0.571. The lowest BCUT2D eigenvalue weighted by molar-refractivity contribution is 0.0671. The van der Waals surface area contributed by atoms with Crippen molar-refractivity contribution in [1.29, 1.82) is 0 Å². The summed E-state index contributed by atoms with van der Waals surface area (Å²) in [7, 11) is -1.12. The number of aromatic nitrogens is 2. The Morgan fingerprint density at radius 2 is 2.19 bits per heavy atom. The third kappa shape index (κ3) is 6.59. The van der Waals surface area contributed by atoms with Crippen molar-refractivity contribution in [3.8, 4) is 0 Å². The number of ether oxygens (including phenoxy) is 2. The Bertz CT molecular complexity index is 492. The highest BCUT2D eigenvalue weighted by molar-refractivity contribution is 6.76. The van der Waals surface area contributed by atoms with Crippen LogP contribution in [0.1, 0.15) is 23.0 Å². The highest BCUT2D eigenvalue weighted by atomic mass is 28.3. The minimum absolute atomic E-state index is 0.000232. The first kappa shape index (κ1) is 17.4. The summed E-state index contributed by atoms with van der Waals surface area (Å²) in [5.41, 5.74) is 0.504. The highest BCUT2D eigenvalue weighted by Crippen LogP contribution is 2.11. The second-order valence-corrected chi connectivity index (χ2v) is 11.5. The lowest BCUT2D eigenvalue weighted by atomic mass is 10.2. The van der Waals surface area contributed by atoms with Crippen LogP contribution < -0.4 is 0 Å². The van der Waals surface area contributed by atoms with Gasteiger partial charge in [0, 0.05) is 26.4 Å². The van der Waals surface area contributed by atoms with E-state index in [9.17, 15) is 4.79 Å². The molecule has 0 radical (unpaired) electrons. The van der Waals surface area contributed by atoms with E-state index in [1.54, 1.807) is 12.3 Å². The molecule has 0 spiro atoms. The van der Waals surface area contributed by atoms with Gasteiger partial charge < -0.3 is 14.6 Å². The van der Waals surface area contributed by atoms with Crippen molar-refractivity contribution in [3.05, 3.63) is 23.7 Å². The summed E-state index contributed by atoms with van der Waals surface area (Å²) in [4.78, 5) is 11.1. The molecule has 118 valence electrons. The quantitative estimate of drug-likeness (QED) is 0.431. The van der Waals surface area contributed by atoms with Crippen LogP contribution in [0.5, 0.6) is 0 Å². The number of rotatable bonds is 9. The third-order valence-corrected chi connectivity index (χ3v) is 4.43. The van der Waals surface area contributed by atoms with Crippen LogP contribution in [0.4, 0.5) is 0 Å². The van der Waals surface area contributed by atoms with Gasteiger partial charge in [0.25, 0.3) is 0 Å². The molecule has 0 aliphatic heterocycles. The van der Waals surface area contributed by atoms with Gasteiger partial charge in [0.2, 0.25) is 0 Å². The maximum absolute atomic E-state index is 11.1. The molecule has 1 N–H and O–H groups in total. The van der Waals surface area contributed by atoms with Crippen molar-refractivity contribution in [2.75, 3.05) is 13.2 Å². The molecule has 0 saturated heterocycles. The molecule has 0 bridgehead atoms. The minimum Gasteiger partial charge on any atom is -0.501 e. The van der Waals surface area contributed by atoms with E-state index in [1.165, 1.54) is 10.9 Å². The first-order chi connectivity index (χ1) is 9.83. The Morgan fingerprint density at radius 3 is 2.76 bits per heavy atom. The molecule has 0 aliphatic rings. The zero-order valence-electron chi connectivity index (χ0n) is 13.1. The average molecular weight is 312 g/mol. The van der Waals surface area contributed by atoms with Gasteiger partial charge in [0.1, 0.15) is 6.73 Å². The summed E-state index contributed by atoms with van der Waals surface area (Å²) in [6.45, 7) is 10.2. The second kappa shape index (κ2) is 7.99. The van der Waals surface area contributed by atoms with E-state index in [4.69, 9.17) is 14.6 Å². The molecular formula is C14H24N2O4Si. The predicted molar refractivity (Wildman–Crippen MR) is 84.0 cm³/mol. The molecular weight excluding hydrogens is 288 g/mol. The monoisotopic (exact) mass is 312 g/mol. The molecule has 21 heavy (non-hydrogen) atoms. The largest absolute Gasteiger partial charge is 0.501 e. The standard InChI is InChI=1S/C14H24N2O4Si/c1-5-19-7-6-12-10-16(15-13(12)14(17)18)11-20-8-9-21(2,3)4/h6-7,10H,5,8-9,11H2,1-4H3,(H,17,18). The van der Waals surface area contributed by atoms with Crippen LogP contribution in [0, 0.1) is 0 Å². The van der Waals surface area contributed by atoms with Gasteiger partial charge >= 0.3 is 5.97 Å². The van der Waals surface area contributed by atoms with Gasteiger partial charge in [-0.3, -0.25) is 0 Å². The van der Waals surface area contributed by atoms with Gasteiger partial charge in [-0.1, -0.05) is 19.6 Å². The second-order valence-electron chi connectivity index (χ2n) is 5.88. The van der Waals surface area contributed by atoms with Crippen LogP contribution in [0.2, 0.25) is 25.7 Å². The molecule has 0 unspecified atom stereocenters. The van der Waals surface area contributed by atoms with Crippen LogP contribution in [0.3, 0.4) is 0 Å². The van der Waals surface area contributed by atoms with Crippen molar-refractivity contribution in [3.63, 3.8) is 0 Å². The Morgan fingerprint density at radius 1 is 1.48 bits per heavy atom. The van der Waals surface area contributed by atoms with Gasteiger partial charge in [0.15, 0.2) is 5.69 Å². The van der Waals surface area contributed by atoms with Gasteiger partial charge in [-0.05, 0) is 19.0 Å². The maximum Gasteiger partial charge on any atom is 0.357 e. The van der Waals surface area contributed by atoms with E-state index < -0.39 is 14.0 Å². The Labute approximate surface area is 126 Å². The number of carboxylic acid groups (broad SMARTS) is 1. The fourth-order valence-corrected chi connectivity index (χ4v) is 2.30. The Kier molecular flexibility index (Phi) is 6.64. The van der Waals surface area contributed by atoms with Crippen molar-refractivity contribution < 1.29 is 19.4 Å². The Hall–Kier alpha value is -1.60. The molecule has 0 aromatic carbocycles. The van der Waals surface area contributed by atoms with Gasteiger partial charge in [-0.2, -0.15) is 5.10 Å². The number of carboxylic acids is 1. The van der Waals surface area contributed by atoms with Crippen molar-refractivity contribution in [1.82, 2.24) is 9.78 Å². The van der Waals surface area contributed by atoms with Crippen LogP contribution >= 0.6 is 0 Å². The maximum atomic E-state index is 11.1. The summed E-state index contributed by atoms with van der Waals surface area (Å²) in [5.74, 6) is -1.06. The van der Waals surface area contributed by atoms with E-state index in [2.05, 4.69) is 24.7 Å². The molecule has 7 heteroatoms. The fourth-order valence-electron chi connectivity index (χ4n) is 1.55. The number of carbonyl (C=O) groups is 1. The molecule has 0 amide bonds. The first-order valence-corrected chi connectivity index (χ1v) is 10.7. The van der Waals surface area contributed by atoms with Crippen molar-refractivity contribution in [2.24, 2.45) is 0 Å². The summed E-state index contributed by atoms with van der Waals surface area (Å²) < 4.78 is 12.1. The van der Waals surface area contributed by atoms with E-state index in [0.717, 1.165) is 6.04 Å². The molecule has 1 aromatic heterocycles. The van der Waals surface area contributed by atoms with Crippen LogP contribution in [0.25, 0.3) is 6.08 Å². The molecule has 0 aliphatic carbocycles. The predicted octanol–water partition coefficient (Wildman–Crippen LogP) is 2.90. The molecule has 0 fully saturated rings. The number of aromatic carboxylic acids is 1. The highest BCUT2D eigenvalue weighted by Gasteiger charge is 2.15. The smallest absolute Gasteiger partial charge is 0.357 e. The molecule has 0 saturated carbocycles. The molecule has 6 nitrogen and oxygen atoms in total. The topological polar surface area (TPSA) is 73.6 Å². The molecule has 1 heterocycles. The molecule has 1 aromatic rings. The first-order valence-electron chi connectivity index (χ1n) is 7.00. The van der Waals surface area contributed by atoms with E-state index in [-0.39, 0.29) is 12.4 Å². The SMILES string of the molecule is CCOC=Cc1cn(COCC[Si](C)(C)C)nc1C(=O)O. The van der Waals surface area contributed by atoms with Gasteiger partial charge in [-0.25, -0.2) is 9.48 Å². The number of nitrogens with zero attached hydrogens (tertiary/aromatic N) is 2. The van der Waals surface area contributed by atoms with Crippen molar-refractivity contribution in [2.45, 2.75) is 39.3 Å². The van der Waals surface area contributed by atoms with Crippen molar-refractivity contribution >= 4 is 20.1 Å². The van der Waals surface area contributed by atoms with Gasteiger partial charge in [-0.15, -0.1) is 0 Å². The minimum atomic E-state index is -1.12. The van der Waals surface area contributed by atoms with Crippen LogP contribution in [-0.4, -0.2) is 42.1 Å². The summed E-state index contributed by atoms with van der Waals surface area (Å²) in [6, 6.07) is 1.07. The van der Waals surface area contributed by atoms with Gasteiger partial charge in [0.05, 0.1) is 12.9 Å². The molecule has 0 atom stereocenters. The summed E-state index contributed by atoms with van der Waals surface area (Å²) in [5, 5.41) is 13.1. The average Bonchev–Trinajstić information content (AvgIpc) is 2.77. The zero-order valence-corrected chi connectivity index (χ0v) is 14.1.